The van der Waals surface area contributed by atoms with Crippen LogP contribution in [0.3, 0.4) is 0 Å². The molecule has 2 aromatic heterocycles. The molecule has 0 radical (unpaired) electrons. The minimum atomic E-state index is -0.175. The number of pyridine rings is 1. The van der Waals surface area contributed by atoms with Gasteiger partial charge in [-0.25, -0.2) is 0 Å². The molecule has 3 aromatic rings. The van der Waals surface area contributed by atoms with Crippen molar-refractivity contribution >= 4 is 16.7 Å². The number of ether oxygens (including phenoxy) is 1. The highest BCUT2D eigenvalue weighted by Crippen LogP contribution is 2.36. The molecule has 0 amide bonds. The maximum Gasteiger partial charge on any atom is 0.280 e. The number of hydrogen-bond donors (Lipinski definition) is 1. The topological polar surface area (TPSA) is 88.0 Å². The molecule has 0 unspecified atom stereocenters. The maximum atomic E-state index is 12.3. The van der Waals surface area contributed by atoms with Crippen molar-refractivity contribution in [1.82, 2.24) is 19.6 Å². The number of benzene rings is 1. The monoisotopic (exact) mass is 325 g/mol. The van der Waals surface area contributed by atoms with Crippen LogP contribution in [0.15, 0.2) is 29.2 Å². The molecule has 1 fully saturated rings. The predicted molar refractivity (Wildman–Crippen MR) is 91.8 cm³/mol. The van der Waals surface area contributed by atoms with Gasteiger partial charge in [0.2, 0.25) is 0 Å². The van der Waals surface area contributed by atoms with E-state index in [2.05, 4.69) is 10.2 Å². The van der Waals surface area contributed by atoms with Gasteiger partial charge in [0.15, 0.2) is 5.52 Å². The highest BCUT2D eigenvalue weighted by Gasteiger charge is 2.23. The third kappa shape index (κ3) is 2.51. The second-order valence-electron chi connectivity index (χ2n) is 6.36. The number of nitrogen functional groups attached to an aromatic ring is 1. The van der Waals surface area contributed by atoms with Crippen molar-refractivity contribution in [2.45, 2.75) is 12.8 Å². The number of nitrogens with zero attached hydrogens (tertiary/aromatic N) is 4. The number of aryl methyl sites for hydroxylation is 2. The normalized spacial score (nSPS) is 14.2. The van der Waals surface area contributed by atoms with Gasteiger partial charge < -0.3 is 15.0 Å². The lowest BCUT2D eigenvalue weighted by Gasteiger charge is -2.13. The lowest BCUT2D eigenvalue weighted by molar-refractivity contribution is 0.301. The zero-order valence-corrected chi connectivity index (χ0v) is 13.7. The molecule has 2 heterocycles. The fourth-order valence-electron chi connectivity index (χ4n) is 2.79. The van der Waals surface area contributed by atoms with E-state index in [9.17, 15) is 4.79 Å². The fraction of sp³-hybridized carbons (Fsp3) is 0.353. The first-order chi connectivity index (χ1) is 11.5. The molecule has 1 saturated carbocycles. The Morgan fingerprint density at radius 2 is 1.96 bits per heavy atom. The van der Waals surface area contributed by atoms with E-state index in [1.807, 2.05) is 18.2 Å². The van der Waals surface area contributed by atoms with Crippen molar-refractivity contribution in [3.8, 4) is 16.9 Å². The van der Waals surface area contributed by atoms with Crippen molar-refractivity contribution in [2.24, 2.45) is 20.0 Å². The van der Waals surface area contributed by atoms with Crippen LogP contribution in [0.2, 0.25) is 0 Å². The highest BCUT2D eigenvalue weighted by molar-refractivity contribution is 5.92. The molecular formula is C17H19N5O2. The summed E-state index contributed by atoms with van der Waals surface area (Å²) >= 11 is 0. The van der Waals surface area contributed by atoms with E-state index in [1.54, 1.807) is 20.3 Å². The first kappa shape index (κ1) is 14.7. The summed E-state index contributed by atoms with van der Waals surface area (Å²) in [5, 5.41) is 8.56. The Balaban J connectivity index is 1.91. The first-order valence-electron chi connectivity index (χ1n) is 7.96. The van der Waals surface area contributed by atoms with Crippen LogP contribution in [0, 0.1) is 5.92 Å². The summed E-state index contributed by atoms with van der Waals surface area (Å²) in [7, 11) is 3.41. The Morgan fingerprint density at radius 1 is 1.21 bits per heavy atom. The van der Waals surface area contributed by atoms with E-state index in [1.165, 1.54) is 22.2 Å². The average Bonchev–Trinajstić information content (AvgIpc) is 3.30. The summed E-state index contributed by atoms with van der Waals surface area (Å²) in [4.78, 5) is 13.7. The number of hydrogen-bond acceptors (Lipinski definition) is 5. The zero-order valence-electron chi connectivity index (χ0n) is 13.7. The molecule has 2 N–H and O–H groups in total. The van der Waals surface area contributed by atoms with Gasteiger partial charge in [-0.05, 0) is 37.0 Å². The Bertz CT molecular complexity index is 985. The lowest BCUT2D eigenvalue weighted by atomic mass is 10.0. The van der Waals surface area contributed by atoms with Gasteiger partial charge in [0.05, 0.1) is 6.61 Å². The molecule has 7 heteroatoms. The lowest BCUT2D eigenvalue weighted by Crippen LogP contribution is -2.17. The number of anilines is 1. The zero-order chi connectivity index (χ0) is 16.8. The van der Waals surface area contributed by atoms with E-state index in [4.69, 9.17) is 10.5 Å². The molecule has 1 aliphatic carbocycles. The SMILES string of the molecule is Cn1nc2c(-c3cc(N)ccc3OCC3CC3)cn(C)c(=O)c2n1. The van der Waals surface area contributed by atoms with E-state index in [0.29, 0.717) is 29.2 Å². The van der Waals surface area contributed by atoms with E-state index in [-0.39, 0.29) is 5.56 Å². The summed E-state index contributed by atoms with van der Waals surface area (Å²) in [6.45, 7) is 0.701. The summed E-state index contributed by atoms with van der Waals surface area (Å²) in [6, 6.07) is 5.55. The van der Waals surface area contributed by atoms with Gasteiger partial charge >= 0.3 is 0 Å². The van der Waals surface area contributed by atoms with Crippen molar-refractivity contribution < 1.29 is 4.74 Å². The Morgan fingerprint density at radius 3 is 2.71 bits per heavy atom. The van der Waals surface area contributed by atoms with E-state index >= 15 is 0 Å². The standard InChI is InChI=1S/C17H19N5O2/c1-21-8-13(15-16(17(21)23)20-22(2)19-15)12-7-11(18)5-6-14(12)24-9-10-3-4-10/h5-8,10H,3-4,9,18H2,1-2H3. The van der Waals surface area contributed by atoms with Crippen molar-refractivity contribution in [2.75, 3.05) is 12.3 Å². The predicted octanol–water partition coefficient (Wildman–Crippen LogP) is 1.70. The average molecular weight is 325 g/mol. The smallest absolute Gasteiger partial charge is 0.280 e. The van der Waals surface area contributed by atoms with Crippen LogP contribution in [0.1, 0.15) is 12.8 Å². The minimum absolute atomic E-state index is 0.175. The maximum absolute atomic E-state index is 12.3. The van der Waals surface area contributed by atoms with E-state index < -0.39 is 0 Å². The molecule has 7 nitrogen and oxygen atoms in total. The molecule has 0 aliphatic heterocycles. The second-order valence-corrected chi connectivity index (χ2v) is 6.36. The summed E-state index contributed by atoms with van der Waals surface area (Å²) in [6.07, 6.45) is 4.20. The fourth-order valence-corrected chi connectivity index (χ4v) is 2.79. The summed E-state index contributed by atoms with van der Waals surface area (Å²) in [5.74, 6) is 1.40. The third-order valence-electron chi connectivity index (χ3n) is 4.28. The number of aromatic nitrogens is 4. The number of fused-ring (bicyclic) bond motifs is 1. The van der Waals surface area contributed by atoms with Gasteiger partial charge in [-0.3, -0.25) is 4.79 Å². The largest absolute Gasteiger partial charge is 0.493 e. The molecule has 24 heavy (non-hydrogen) atoms. The molecule has 0 saturated heterocycles. The summed E-state index contributed by atoms with van der Waals surface area (Å²) in [5.41, 5.74) is 8.96. The Labute approximate surface area is 138 Å². The summed E-state index contributed by atoms with van der Waals surface area (Å²) < 4.78 is 7.51. The van der Waals surface area contributed by atoms with Crippen molar-refractivity contribution in [1.29, 1.82) is 0 Å². The van der Waals surface area contributed by atoms with Crippen LogP contribution in [-0.4, -0.2) is 26.2 Å². The highest BCUT2D eigenvalue weighted by atomic mass is 16.5. The quantitative estimate of drug-likeness (QED) is 0.738. The second kappa shape index (κ2) is 5.36. The molecule has 1 aliphatic rings. The molecule has 1 aromatic carbocycles. The molecule has 124 valence electrons. The molecule has 0 spiro atoms. The van der Waals surface area contributed by atoms with Crippen LogP contribution in [0.25, 0.3) is 22.2 Å². The molecular weight excluding hydrogens is 306 g/mol. The Hall–Kier alpha value is -2.83. The first-order valence-corrected chi connectivity index (χ1v) is 7.96. The van der Waals surface area contributed by atoms with E-state index in [0.717, 1.165) is 16.9 Å². The Kier molecular flexibility index (Phi) is 3.30. The van der Waals surface area contributed by atoms with Crippen LogP contribution >= 0.6 is 0 Å². The molecule has 4 rings (SSSR count). The number of rotatable bonds is 4. The van der Waals surface area contributed by atoms with Crippen LogP contribution in [0.4, 0.5) is 5.69 Å². The van der Waals surface area contributed by atoms with Gasteiger partial charge in [-0.2, -0.15) is 9.90 Å². The minimum Gasteiger partial charge on any atom is -0.493 e. The van der Waals surface area contributed by atoms with Crippen molar-refractivity contribution in [3.63, 3.8) is 0 Å². The van der Waals surface area contributed by atoms with Gasteiger partial charge in [0.25, 0.3) is 5.56 Å². The van der Waals surface area contributed by atoms with Crippen LogP contribution < -0.4 is 16.0 Å². The molecule has 0 bridgehead atoms. The van der Waals surface area contributed by atoms with Gasteiger partial charge in [-0.1, -0.05) is 0 Å². The molecule has 0 atom stereocenters. The van der Waals surface area contributed by atoms with Crippen molar-refractivity contribution in [3.05, 3.63) is 34.7 Å². The van der Waals surface area contributed by atoms with Gasteiger partial charge in [-0.15, -0.1) is 5.10 Å². The van der Waals surface area contributed by atoms with Crippen LogP contribution in [-0.2, 0) is 14.1 Å². The van der Waals surface area contributed by atoms with Crippen LogP contribution in [0.5, 0.6) is 5.75 Å². The van der Waals surface area contributed by atoms with Gasteiger partial charge in [0.1, 0.15) is 11.3 Å². The van der Waals surface area contributed by atoms with Gasteiger partial charge in [0, 0.05) is 37.1 Å². The number of nitrogens with two attached hydrogens (primary N) is 1. The third-order valence-corrected chi connectivity index (χ3v) is 4.28.